The van der Waals surface area contributed by atoms with Gasteiger partial charge in [-0.15, -0.1) is 0 Å². The van der Waals surface area contributed by atoms with Gasteiger partial charge in [-0.05, 0) is 66.9 Å². The molecule has 4 rings (SSSR count). The molecule has 0 aliphatic carbocycles. The van der Waals surface area contributed by atoms with Crippen molar-refractivity contribution in [1.82, 2.24) is 9.55 Å². The van der Waals surface area contributed by atoms with Crippen molar-refractivity contribution in [3.63, 3.8) is 0 Å². The predicted octanol–water partition coefficient (Wildman–Crippen LogP) is 5.09. The monoisotopic (exact) mass is 447 g/mol. The number of rotatable bonds is 8. The minimum Gasteiger partial charge on any atom is -0.488 e. The van der Waals surface area contributed by atoms with Crippen LogP contribution in [0.1, 0.15) is 36.7 Å². The number of hydrogen-bond donors (Lipinski definition) is 2. The van der Waals surface area contributed by atoms with Crippen molar-refractivity contribution in [2.24, 2.45) is 5.73 Å². The van der Waals surface area contributed by atoms with E-state index in [4.69, 9.17) is 15.6 Å². The normalized spacial score (nSPS) is 11.3. The molecule has 0 saturated heterocycles. The van der Waals surface area contributed by atoms with Crippen molar-refractivity contribution in [3.8, 4) is 16.9 Å². The Kier molecular flexibility index (Phi) is 6.42. The van der Waals surface area contributed by atoms with E-state index in [1.807, 2.05) is 18.2 Å². The van der Waals surface area contributed by atoms with E-state index in [9.17, 15) is 9.18 Å². The topological polar surface area (TPSA) is 90.4 Å². The molecule has 0 amide bonds. The standard InChI is InChI=1S/C26H26FN3O3/c1-16(2)30-8-6-22-23(18-5-7-29-21(11-18)14-28)9-17(10-24(22)30)15-33-25-13-20(27)4-3-19(25)12-26(31)32/h3-11,13,16H,12,14-15,28H2,1-2H3,(H,31,32). The Morgan fingerprint density at radius 3 is 2.73 bits per heavy atom. The zero-order valence-corrected chi connectivity index (χ0v) is 18.6. The summed E-state index contributed by atoms with van der Waals surface area (Å²) >= 11 is 0. The SMILES string of the molecule is CC(C)n1ccc2c(-c3ccnc(CN)c3)cc(COc3cc(F)ccc3CC(=O)O)cc21. The molecular formula is C26H26FN3O3. The Morgan fingerprint density at radius 1 is 1.18 bits per heavy atom. The summed E-state index contributed by atoms with van der Waals surface area (Å²) in [5.74, 6) is -1.25. The van der Waals surface area contributed by atoms with Crippen LogP contribution in [0, 0.1) is 5.82 Å². The molecule has 3 N–H and O–H groups in total. The lowest BCUT2D eigenvalue weighted by atomic mass is 9.99. The summed E-state index contributed by atoms with van der Waals surface area (Å²) in [5.41, 5.74) is 11.0. The fraction of sp³-hybridized carbons (Fsp3) is 0.231. The van der Waals surface area contributed by atoms with Gasteiger partial charge in [0.15, 0.2) is 0 Å². The van der Waals surface area contributed by atoms with Crippen LogP contribution < -0.4 is 10.5 Å². The van der Waals surface area contributed by atoms with Crippen LogP contribution in [0.4, 0.5) is 4.39 Å². The molecule has 0 fully saturated rings. The first-order valence-corrected chi connectivity index (χ1v) is 10.8. The highest BCUT2D eigenvalue weighted by molar-refractivity contribution is 5.96. The lowest BCUT2D eigenvalue weighted by Crippen LogP contribution is -2.05. The van der Waals surface area contributed by atoms with E-state index in [1.54, 1.807) is 6.20 Å². The number of halogens is 1. The van der Waals surface area contributed by atoms with Gasteiger partial charge in [-0.1, -0.05) is 6.07 Å². The lowest BCUT2D eigenvalue weighted by Gasteiger charge is -2.15. The third-order valence-electron chi connectivity index (χ3n) is 5.56. The average molecular weight is 448 g/mol. The predicted molar refractivity (Wildman–Crippen MR) is 126 cm³/mol. The Balaban J connectivity index is 1.76. The van der Waals surface area contributed by atoms with Crippen LogP contribution in [-0.2, 0) is 24.4 Å². The highest BCUT2D eigenvalue weighted by Gasteiger charge is 2.14. The van der Waals surface area contributed by atoms with Gasteiger partial charge in [0.05, 0.1) is 12.1 Å². The molecule has 6 nitrogen and oxygen atoms in total. The fourth-order valence-electron chi connectivity index (χ4n) is 3.98. The maximum Gasteiger partial charge on any atom is 0.307 e. The molecule has 0 saturated carbocycles. The summed E-state index contributed by atoms with van der Waals surface area (Å²) in [6.07, 6.45) is 3.57. The second-order valence-electron chi connectivity index (χ2n) is 8.24. The van der Waals surface area contributed by atoms with Crippen molar-refractivity contribution in [2.45, 2.75) is 39.5 Å². The summed E-state index contributed by atoms with van der Waals surface area (Å²) in [4.78, 5) is 15.5. The van der Waals surface area contributed by atoms with E-state index < -0.39 is 11.8 Å². The number of hydrogen-bond acceptors (Lipinski definition) is 4. The van der Waals surface area contributed by atoms with Crippen molar-refractivity contribution >= 4 is 16.9 Å². The molecule has 2 heterocycles. The molecule has 2 aromatic carbocycles. The highest BCUT2D eigenvalue weighted by atomic mass is 19.1. The molecule has 2 aromatic heterocycles. The van der Waals surface area contributed by atoms with E-state index in [1.165, 1.54) is 18.2 Å². The Morgan fingerprint density at radius 2 is 2.00 bits per heavy atom. The Bertz CT molecular complexity index is 1310. The minimum atomic E-state index is -1.00. The van der Waals surface area contributed by atoms with Gasteiger partial charge in [0.1, 0.15) is 18.2 Å². The van der Waals surface area contributed by atoms with E-state index in [2.05, 4.69) is 41.7 Å². The first-order valence-electron chi connectivity index (χ1n) is 10.8. The van der Waals surface area contributed by atoms with Gasteiger partial charge in [-0.2, -0.15) is 0 Å². The number of aliphatic carboxylic acids is 1. The highest BCUT2D eigenvalue weighted by Crippen LogP contribution is 2.33. The van der Waals surface area contributed by atoms with Crippen molar-refractivity contribution in [2.75, 3.05) is 0 Å². The van der Waals surface area contributed by atoms with E-state index >= 15 is 0 Å². The van der Waals surface area contributed by atoms with Crippen LogP contribution in [0.15, 0.2) is 60.9 Å². The second kappa shape index (κ2) is 9.42. The largest absolute Gasteiger partial charge is 0.488 e. The van der Waals surface area contributed by atoms with Gasteiger partial charge < -0.3 is 20.1 Å². The molecular weight excluding hydrogens is 421 g/mol. The van der Waals surface area contributed by atoms with Crippen LogP contribution in [0.2, 0.25) is 0 Å². The zero-order valence-electron chi connectivity index (χ0n) is 18.6. The van der Waals surface area contributed by atoms with Gasteiger partial charge in [-0.25, -0.2) is 4.39 Å². The van der Waals surface area contributed by atoms with E-state index in [-0.39, 0.29) is 24.8 Å². The number of pyridine rings is 1. The molecule has 7 heteroatoms. The van der Waals surface area contributed by atoms with E-state index in [0.717, 1.165) is 33.3 Å². The number of aromatic nitrogens is 2. The summed E-state index contributed by atoms with van der Waals surface area (Å²) in [7, 11) is 0. The molecule has 0 aliphatic rings. The van der Waals surface area contributed by atoms with Crippen LogP contribution in [0.5, 0.6) is 5.75 Å². The lowest BCUT2D eigenvalue weighted by molar-refractivity contribution is -0.136. The molecule has 0 radical (unpaired) electrons. The second-order valence-corrected chi connectivity index (χ2v) is 8.24. The molecule has 33 heavy (non-hydrogen) atoms. The third-order valence-corrected chi connectivity index (χ3v) is 5.56. The van der Waals surface area contributed by atoms with Crippen LogP contribution in [0.25, 0.3) is 22.0 Å². The van der Waals surface area contributed by atoms with Gasteiger partial charge >= 0.3 is 5.97 Å². The number of nitrogens with two attached hydrogens (primary N) is 1. The third kappa shape index (κ3) is 4.88. The number of carboxylic acids is 1. The first-order chi connectivity index (χ1) is 15.9. The maximum atomic E-state index is 13.8. The number of fused-ring (bicyclic) bond motifs is 1. The van der Waals surface area contributed by atoms with Crippen LogP contribution >= 0.6 is 0 Å². The van der Waals surface area contributed by atoms with Crippen LogP contribution in [0.3, 0.4) is 0 Å². The van der Waals surface area contributed by atoms with Crippen molar-refractivity contribution in [3.05, 3.63) is 83.6 Å². The number of ether oxygens (including phenoxy) is 1. The van der Waals surface area contributed by atoms with Crippen molar-refractivity contribution in [1.29, 1.82) is 0 Å². The number of benzene rings is 2. The first kappa shape index (κ1) is 22.5. The summed E-state index contributed by atoms with van der Waals surface area (Å²) in [5, 5.41) is 10.3. The van der Waals surface area contributed by atoms with E-state index in [0.29, 0.717) is 12.1 Å². The average Bonchev–Trinajstić information content (AvgIpc) is 3.22. The molecule has 0 bridgehead atoms. The fourth-order valence-corrected chi connectivity index (χ4v) is 3.98. The Labute approximate surface area is 191 Å². The maximum absolute atomic E-state index is 13.8. The molecule has 4 aromatic rings. The van der Waals surface area contributed by atoms with Gasteiger partial charge in [0.2, 0.25) is 0 Å². The molecule has 0 atom stereocenters. The van der Waals surface area contributed by atoms with Gasteiger partial charge in [0, 0.05) is 47.5 Å². The van der Waals surface area contributed by atoms with Crippen LogP contribution in [-0.4, -0.2) is 20.6 Å². The molecule has 0 spiro atoms. The number of nitrogens with zero attached hydrogens (tertiary/aromatic N) is 2. The van der Waals surface area contributed by atoms with Crippen molar-refractivity contribution < 1.29 is 19.0 Å². The quantitative estimate of drug-likeness (QED) is 0.393. The molecule has 0 aliphatic heterocycles. The summed E-state index contributed by atoms with van der Waals surface area (Å²) < 4.78 is 21.9. The summed E-state index contributed by atoms with van der Waals surface area (Å²) in [6, 6.07) is 14.3. The number of carboxylic acid groups (broad SMARTS) is 1. The molecule has 170 valence electrons. The zero-order chi connectivity index (χ0) is 23.5. The Hall–Kier alpha value is -3.71. The molecule has 0 unspecified atom stereocenters. The minimum absolute atomic E-state index is 0.164. The van der Waals surface area contributed by atoms with Gasteiger partial charge in [-0.3, -0.25) is 9.78 Å². The number of carbonyl (C=O) groups is 1. The smallest absolute Gasteiger partial charge is 0.307 e. The van der Waals surface area contributed by atoms with Gasteiger partial charge in [0.25, 0.3) is 0 Å². The summed E-state index contributed by atoms with van der Waals surface area (Å²) in [6.45, 7) is 4.74.